The van der Waals surface area contributed by atoms with Gasteiger partial charge in [0.2, 0.25) is 0 Å². The predicted octanol–water partition coefficient (Wildman–Crippen LogP) is 6.04. The predicted molar refractivity (Wildman–Crippen MR) is 154 cm³/mol. The Kier molecular flexibility index (Phi) is 5.95. The number of rotatable bonds is 4. The first-order valence-electron chi connectivity index (χ1n) is 12.7. The number of hydrogen-bond donors (Lipinski definition) is 0. The van der Waals surface area contributed by atoms with E-state index in [1.54, 1.807) is 37.2 Å². The highest BCUT2D eigenvalue weighted by Crippen LogP contribution is 2.32. The fourth-order valence-corrected chi connectivity index (χ4v) is 4.55. The van der Waals surface area contributed by atoms with E-state index in [0.29, 0.717) is 11.4 Å². The van der Waals surface area contributed by atoms with Crippen LogP contribution in [0.3, 0.4) is 0 Å². The zero-order valence-electron chi connectivity index (χ0n) is 21.1. The second-order valence-corrected chi connectivity index (χ2v) is 9.00. The first-order valence-corrected chi connectivity index (χ1v) is 12.7. The molecule has 0 aliphatic carbocycles. The lowest BCUT2D eigenvalue weighted by atomic mass is 9.98. The zero-order valence-corrected chi connectivity index (χ0v) is 21.1. The Hall–Kier alpha value is -5.76. The molecule has 0 amide bonds. The Morgan fingerprint density at radius 3 is 1.25 bits per heavy atom. The average molecular weight is 517 g/mol. The van der Waals surface area contributed by atoms with Crippen LogP contribution in [0.4, 0.5) is 11.4 Å². The molecule has 6 aromatic heterocycles. The van der Waals surface area contributed by atoms with Gasteiger partial charge in [0.1, 0.15) is 0 Å². The summed E-state index contributed by atoms with van der Waals surface area (Å²) in [6, 6.07) is 23.3. The monoisotopic (exact) mass is 516 g/mol. The molecule has 0 atom stereocenters. The van der Waals surface area contributed by atoms with Gasteiger partial charge in [0, 0.05) is 59.4 Å². The molecule has 0 bridgehead atoms. The highest BCUT2D eigenvalue weighted by Gasteiger charge is 2.21. The van der Waals surface area contributed by atoms with Gasteiger partial charge in [-0.05, 0) is 60.7 Å². The van der Waals surface area contributed by atoms with Gasteiger partial charge in [-0.2, -0.15) is 0 Å². The van der Waals surface area contributed by atoms with E-state index in [0.717, 1.165) is 56.5 Å². The van der Waals surface area contributed by atoms with Gasteiger partial charge in [0.05, 0.1) is 58.0 Å². The fraction of sp³-hybridized carbons (Fsp3) is 0. The van der Waals surface area contributed by atoms with Gasteiger partial charge in [-0.25, -0.2) is 9.98 Å². The van der Waals surface area contributed by atoms with Crippen LogP contribution in [0.2, 0.25) is 0 Å². The van der Waals surface area contributed by atoms with E-state index >= 15 is 0 Å². The normalized spacial score (nSPS) is 12.3. The summed E-state index contributed by atoms with van der Waals surface area (Å²) in [5, 5.41) is 0. The lowest BCUT2D eigenvalue weighted by Crippen LogP contribution is -2.11. The summed E-state index contributed by atoms with van der Waals surface area (Å²) in [6.45, 7) is 0. The molecule has 0 spiro atoms. The van der Waals surface area contributed by atoms with Gasteiger partial charge in [-0.15, -0.1) is 0 Å². The molecule has 188 valence electrons. The Labute approximate surface area is 230 Å². The third-order valence-corrected chi connectivity index (χ3v) is 6.50. The van der Waals surface area contributed by atoms with Crippen molar-refractivity contribution in [2.24, 2.45) is 9.98 Å². The van der Waals surface area contributed by atoms with E-state index in [1.165, 1.54) is 0 Å². The van der Waals surface area contributed by atoms with Crippen molar-refractivity contribution in [1.82, 2.24) is 29.9 Å². The summed E-state index contributed by atoms with van der Waals surface area (Å²) in [5.74, 6) is 0. The van der Waals surface area contributed by atoms with Gasteiger partial charge in [-0.3, -0.25) is 29.9 Å². The lowest BCUT2D eigenvalue weighted by Gasteiger charge is -2.17. The second-order valence-electron chi connectivity index (χ2n) is 9.00. The van der Waals surface area contributed by atoms with Crippen molar-refractivity contribution >= 4 is 22.8 Å². The molecule has 6 aromatic rings. The molecule has 1 aliphatic heterocycles. The smallest absolute Gasteiger partial charge is 0.0914 e. The van der Waals surface area contributed by atoms with Crippen LogP contribution >= 0.6 is 0 Å². The van der Waals surface area contributed by atoms with Gasteiger partial charge in [-0.1, -0.05) is 12.1 Å². The molecule has 0 unspecified atom stereocenters. The van der Waals surface area contributed by atoms with E-state index in [4.69, 9.17) is 9.98 Å². The fourth-order valence-electron chi connectivity index (χ4n) is 4.55. The van der Waals surface area contributed by atoms with Crippen LogP contribution in [0.15, 0.2) is 132 Å². The topological polar surface area (TPSA) is 102 Å². The summed E-state index contributed by atoms with van der Waals surface area (Å²) in [5.41, 5.74) is 9.43. The number of aliphatic imine (C=N–C) groups is 2. The SMILES string of the molecule is c1ccc(-c2ccc(C3=Nc4cnccc4C(c4ccc(-c5ccccn5)nc4)=Nc4cnccc43)cn2)nc1. The van der Waals surface area contributed by atoms with Gasteiger partial charge in [0.15, 0.2) is 0 Å². The van der Waals surface area contributed by atoms with Crippen LogP contribution in [0.5, 0.6) is 0 Å². The first-order chi connectivity index (χ1) is 19.8. The third-order valence-electron chi connectivity index (χ3n) is 6.50. The van der Waals surface area contributed by atoms with Crippen molar-refractivity contribution in [3.8, 4) is 22.8 Å². The van der Waals surface area contributed by atoms with Crippen molar-refractivity contribution in [1.29, 1.82) is 0 Å². The lowest BCUT2D eigenvalue weighted by molar-refractivity contribution is 1.23. The number of nitrogens with zero attached hydrogens (tertiary/aromatic N) is 8. The van der Waals surface area contributed by atoms with Crippen LogP contribution in [0, 0.1) is 0 Å². The molecule has 1 aliphatic rings. The zero-order chi connectivity index (χ0) is 26.7. The maximum atomic E-state index is 5.11. The standard InChI is InChI=1S/C32H20N8/c1-3-13-35-25(5-1)27-9-7-21(17-37-27)31-23-11-15-33-19-29(23)40-32(24-12-16-34-20-30(24)39-31)22-8-10-28(38-18-22)26-6-2-4-14-36-26/h1-20H. The molecule has 8 nitrogen and oxygen atoms in total. The van der Waals surface area contributed by atoms with Crippen LogP contribution < -0.4 is 0 Å². The minimum Gasteiger partial charge on any atom is -0.262 e. The minimum absolute atomic E-state index is 0.696. The summed E-state index contributed by atoms with van der Waals surface area (Å²) >= 11 is 0. The van der Waals surface area contributed by atoms with Crippen molar-refractivity contribution < 1.29 is 0 Å². The minimum atomic E-state index is 0.696. The van der Waals surface area contributed by atoms with Gasteiger partial charge in [0.25, 0.3) is 0 Å². The summed E-state index contributed by atoms with van der Waals surface area (Å²) in [6.07, 6.45) is 14.1. The molecule has 0 saturated heterocycles. The number of pyridine rings is 6. The number of fused-ring (bicyclic) bond motifs is 2. The molecule has 8 heteroatoms. The molecule has 7 heterocycles. The van der Waals surface area contributed by atoms with Gasteiger partial charge >= 0.3 is 0 Å². The first kappa shape index (κ1) is 23.4. The molecule has 40 heavy (non-hydrogen) atoms. The molecular weight excluding hydrogens is 496 g/mol. The number of hydrogen-bond acceptors (Lipinski definition) is 8. The van der Waals surface area contributed by atoms with Crippen LogP contribution in [-0.2, 0) is 0 Å². The van der Waals surface area contributed by atoms with E-state index in [9.17, 15) is 0 Å². The van der Waals surface area contributed by atoms with Crippen molar-refractivity contribution in [2.45, 2.75) is 0 Å². The molecule has 0 radical (unpaired) electrons. The molecule has 0 N–H and O–H groups in total. The van der Waals surface area contributed by atoms with Crippen molar-refractivity contribution in [3.05, 3.63) is 145 Å². The summed E-state index contributed by atoms with van der Waals surface area (Å²) in [7, 11) is 0. The number of aromatic nitrogens is 6. The average Bonchev–Trinajstić information content (AvgIpc) is 3.03. The Balaban J connectivity index is 1.34. The van der Waals surface area contributed by atoms with Crippen molar-refractivity contribution in [3.63, 3.8) is 0 Å². The van der Waals surface area contributed by atoms with Crippen LogP contribution in [0.25, 0.3) is 22.8 Å². The van der Waals surface area contributed by atoms with Gasteiger partial charge < -0.3 is 0 Å². The third kappa shape index (κ3) is 4.43. The van der Waals surface area contributed by atoms with E-state index in [2.05, 4.69) is 29.9 Å². The molecule has 0 aromatic carbocycles. The van der Waals surface area contributed by atoms with E-state index in [-0.39, 0.29) is 0 Å². The van der Waals surface area contributed by atoms with E-state index in [1.807, 2.05) is 85.2 Å². The highest BCUT2D eigenvalue weighted by atomic mass is 14.9. The van der Waals surface area contributed by atoms with E-state index < -0.39 is 0 Å². The molecule has 7 rings (SSSR count). The van der Waals surface area contributed by atoms with Crippen LogP contribution in [-0.4, -0.2) is 41.3 Å². The molecule has 0 fully saturated rings. The van der Waals surface area contributed by atoms with Crippen LogP contribution in [0.1, 0.15) is 22.3 Å². The largest absolute Gasteiger partial charge is 0.262 e. The Bertz CT molecular complexity index is 1720. The Morgan fingerprint density at radius 2 is 0.850 bits per heavy atom. The van der Waals surface area contributed by atoms with Crippen molar-refractivity contribution in [2.75, 3.05) is 0 Å². The second kappa shape index (κ2) is 10.2. The summed E-state index contributed by atoms with van der Waals surface area (Å²) < 4.78 is 0. The maximum absolute atomic E-state index is 5.11. The maximum Gasteiger partial charge on any atom is 0.0914 e. The molecule has 0 saturated carbocycles. The summed E-state index contributed by atoms with van der Waals surface area (Å²) in [4.78, 5) is 37.1. The quantitative estimate of drug-likeness (QED) is 0.283. The molecular formula is C32H20N8. The highest BCUT2D eigenvalue weighted by molar-refractivity contribution is 6.22. The Morgan fingerprint density at radius 1 is 0.375 bits per heavy atom.